The van der Waals surface area contributed by atoms with Crippen molar-refractivity contribution in [2.45, 2.75) is 31.9 Å². The molecule has 1 saturated heterocycles. The maximum Gasteiger partial charge on any atom is 0.255 e. The van der Waals surface area contributed by atoms with Crippen LogP contribution in [0.25, 0.3) is 0 Å². The molecule has 18 heavy (non-hydrogen) atoms. The molecular formula is C14H20N2O2. The molecule has 2 rings (SSSR count). The summed E-state index contributed by atoms with van der Waals surface area (Å²) in [5.74, 6) is -0.215. The van der Waals surface area contributed by atoms with E-state index >= 15 is 0 Å². The first-order valence-electron chi connectivity index (χ1n) is 6.47. The van der Waals surface area contributed by atoms with Crippen molar-refractivity contribution in [3.63, 3.8) is 0 Å². The van der Waals surface area contributed by atoms with Gasteiger partial charge in [-0.3, -0.25) is 4.79 Å². The Hall–Kier alpha value is -1.39. The lowest BCUT2D eigenvalue weighted by Crippen LogP contribution is -2.49. The summed E-state index contributed by atoms with van der Waals surface area (Å²) in [6.07, 6.45) is 0.890. The Balaban J connectivity index is 2.25. The highest BCUT2D eigenvalue weighted by Gasteiger charge is 2.28. The first-order chi connectivity index (χ1) is 8.70. The lowest BCUT2D eigenvalue weighted by Gasteiger charge is -2.35. The zero-order valence-electron chi connectivity index (χ0n) is 10.7. The Morgan fingerprint density at radius 1 is 1.33 bits per heavy atom. The van der Waals surface area contributed by atoms with E-state index in [1.807, 2.05) is 30.3 Å². The number of aliphatic hydroxyl groups is 1. The average Bonchev–Trinajstić information content (AvgIpc) is 2.41. The van der Waals surface area contributed by atoms with Crippen molar-refractivity contribution in [2.24, 2.45) is 0 Å². The van der Waals surface area contributed by atoms with Crippen molar-refractivity contribution in [2.75, 3.05) is 18.0 Å². The standard InChI is InChI=1S/C14H20N2O2/c1-11(17)14(18)16(12-5-3-2-4-6-12)13-7-9-15-10-8-13/h2-6,11,13,15,17H,7-10H2,1H3. The van der Waals surface area contributed by atoms with Gasteiger partial charge in [0.15, 0.2) is 0 Å². The van der Waals surface area contributed by atoms with Crippen molar-refractivity contribution in [3.05, 3.63) is 30.3 Å². The zero-order valence-corrected chi connectivity index (χ0v) is 10.7. The smallest absolute Gasteiger partial charge is 0.255 e. The summed E-state index contributed by atoms with van der Waals surface area (Å²) in [7, 11) is 0. The largest absolute Gasteiger partial charge is 0.384 e. The molecule has 1 heterocycles. The summed E-state index contributed by atoms with van der Waals surface area (Å²) in [6, 6.07) is 9.77. The third kappa shape index (κ3) is 2.89. The molecule has 0 aromatic heterocycles. The van der Waals surface area contributed by atoms with Crippen LogP contribution >= 0.6 is 0 Å². The summed E-state index contributed by atoms with van der Waals surface area (Å²) >= 11 is 0. The lowest BCUT2D eigenvalue weighted by atomic mass is 10.0. The first kappa shape index (κ1) is 13.1. The fourth-order valence-electron chi connectivity index (χ4n) is 2.37. The van der Waals surface area contributed by atoms with Gasteiger partial charge in [0.05, 0.1) is 0 Å². The van der Waals surface area contributed by atoms with Crippen LogP contribution in [-0.4, -0.2) is 36.2 Å². The Morgan fingerprint density at radius 2 is 1.94 bits per heavy atom. The zero-order chi connectivity index (χ0) is 13.0. The first-order valence-corrected chi connectivity index (χ1v) is 6.47. The lowest BCUT2D eigenvalue weighted by molar-refractivity contribution is -0.126. The fraction of sp³-hybridized carbons (Fsp3) is 0.500. The third-order valence-corrected chi connectivity index (χ3v) is 3.30. The van der Waals surface area contributed by atoms with E-state index in [0.717, 1.165) is 31.6 Å². The number of hydrogen-bond donors (Lipinski definition) is 2. The van der Waals surface area contributed by atoms with Crippen molar-refractivity contribution in [3.8, 4) is 0 Å². The van der Waals surface area contributed by atoms with Gasteiger partial charge in [-0.1, -0.05) is 18.2 Å². The van der Waals surface area contributed by atoms with Gasteiger partial charge >= 0.3 is 0 Å². The van der Waals surface area contributed by atoms with Gasteiger partial charge < -0.3 is 15.3 Å². The molecule has 2 N–H and O–H groups in total. The predicted octanol–water partition coefficient (Wildman–Crippen LogP) is 1.15. The molecule has 1 fully saturated rings. The number of amides is 1. The Labute approximate surface area is 108 Å². The van der Waals surface area contributed by atoms with Gasteiger partial charge in [-0.15, -0.1) is 0 Å². The number of hydrogen-bond acceptors (Lipinski definition) is 3. The molecule has 0 radical (unpaired) electrons. The minimum Gasteiger partial charge on any atom is -0.384 e. The Kier molecular flexibility index (Phi) is 4.33. The molecule has 0 saturated carbocycles. The highest BCUT2D eigenvalue weighted by molar-refractivity contribution is 5.96. The van der Waals surface area contributed by atoms with Gasteiger partial charge in [-0.2, -0.15) is 0 Å². The predicted molar refractivity (Wildman–Crippen MR) is 71.5 cm³/mol. The number of benzene rings is 1. The van der Waals surface area contributed by atoms with E-state index < -0.39 is 6.10 Å². The Morgan fingerprint density at radius 3 is 2.50 bits per heavy atom. The number of nitrogens with one attached hydrogen (secondary N) is 1. The van der Waals surface area contributed by atoms with Crippen LogP contribution in [0.2, 0.25) is 0 Å². The van der Waals surface area contributed by atoms with Crippen LogP contribution in [0, 0.1) is 0 Å². The molecule has 1 aliphatic rings. The highest BCUT2D eigenvalue weighted by atomic mass is 16.3. The van der Waals surface area contributed by atoms with Gasteiger partial charge in [0, 0.05) is 11.7 Å². The van der Waals surface area contributed by atoms with Crippen LogP contribution in [0.5, 0.6) is 0 Å². The van der Waals surface area contributed by atoms with Crippen molar-refractivity contribution < 1.29 is 9.90 Å². The molecule has 0 aliphatic carbocycles. The van der Waals surface area contributed by atoms with E-state index in [1.54, 1.807) is 4.90 Å². The minimum atomic E-state index is -0.958. The summed E-state index contributed by atoms with van der Waals surface area (Å²) in [6.45, 7) is 3.36. The topological polar surface area (TPSA) is 52.6 Å². The van der Waals surface area contributed by atoms with E-state index in [4.69, 9.17) is 0 Å². The summed E-state index contributed by atoms with van der Waals surface area (Å²) in [4.78, 5) is 14.0. The van der Waals surface area contributed by atoms with Gasteiger partial charge in [0.25, 0.3) is 5.91 Å². The molecule has 4 heteroatoms. The molecule has 1 aromatic carbocycles. The van der Waals surface area contributed by atoms with E-state index in [1.165, 1.54) is 6.92 Å². The second kappa shape index (κ2) is 5.98. The van der Waals surface area contributed by atoms with E-state index in [-0.39, 0.29) is 11.9 Å². The van der Waals surface area contributed by atoms with Crippen LogP contribution in [-0.2, 0) is 4.79 Å². The SMILES string of the molecule is CC(O)C(=O)N(c1ccccc1)C1CCNCC1. The molecule has 98 valence electrons. The number of piperidine rings is 1. The van der Waals surface area contributed by atoms with Crippen LogP contribution in [0.15, 0.2) is 30.3 Å². The number of carbonyl (C=O) groups excluding carboxylic acids is 1. The van der Waals surface area contributed by atoms with Crippen LogP contribution in [0.1, 0.15) is 19.8 Å². The van der Waals surface area contributed by atoms with Crippen LogP contribution in [0.4, 0.5) is 5.69 Å². The second-order valence-corrected chi connectivity index (χ2v) is 4.70. The molecule has 1 amide bonds. The molecule has 0 spiro atoms. The molecule has 0 bridgehead atoms. The summed E-state index contributed by atoms with van der Waals surface area (Å²) in [5.41, 5.74) is 0.871. The number of aliphatic hydroxyl groups excluding tert-OH is 1. The van der Waals surface area contributed by atoms with Crippen molar-refractivity contribution >= 4 is 11.6 Å². The molecule has 1 atom stereocenters. The third-order valence-electron chi connectivity index (χ3n) is 3.30. The number of anilines is 1. The van der Waals surface area contributed by atoms with Crippen molar-refractivity contribution in [1.82, 2.24) is 5.32 Å². The van der Waals surface area contributed by atoms with Gasteiger partial charge in [0.1, 0.15) is 6.10 Å². The summed E-state index contributed by atoms with van der Waals surface area (Å²) < 4.78 is 0. The number of nitrogens with zero attached hydrogens (tertiary/aromatic N) is 1. The van der Waals surface area contributed by atoms with Gasteiger partial charge in [-0.05, 0) is 45.0 Å². The number of rotatable bonds is 3. The molecule has 1 aliphatic heterocycles. The van der Waals surface area contributed by atoms with Crippen LogP contribution in [0.3, 0.4) is 0 Å². The maximum atomic E-state index is 12.2. The Bertz CT molecular complexity index is 386. The van der Waals surface area contributed by atoms with Gasteiger partial charge in [0.2, 0.25) is 0 Å². The fourth-order valence-corrected chi connectivity index (χ4v) is 2.37. The molecular weight excluding hydrogens is 228 g/mol. The molecule has 1 aromatic rings. The maximum absolute atomic E-state index is 12.2. The van der Waals surface area contributed by atoms with E-state index in [0.29, 0.717) is 0 Å². The van der Waals surface area contributed by atoms with E-state index in [2.05, 4.69) is 5.32 Å². The highest BCUT2D eigenvalue weighted by Crippen LogP contribution is 2.22. The van der Waals surface area contributed by atoms with Gasteiger partial charge in [-0.25, -0.2) is 0 Å². The van der Waals surface area contributed by atoms with Crippen molar-refractivity contribution in [1.29, 1.82) is 0 Å². The quantitative estimate of drug-likeness (QED) is 0.844. The number of para-hydroxylation sites is 1. The molecule has 1 unspecified atom stereocenters. The van der Waals surface area contributed by atoms with Crippen LogP contribution < -0.4 is 10.2 Å². The monoisotopic (exact) mass is 248 g/mol. The average molecular weight is 248 g/mol. The number of carbonyl (C=O) groups is 1. The second-order valence-electron chi connectivity index (χ2n) is 4.70. The normalized spacial score (nSPS) is 18.3. The minimum absolute atomic E-state index is 0.177. The summed E-state index contributed by atoms with van der Waals surface area (Å²) in [5, 5.41) is 12.9. The van der Waals surface area contributed by atoms with E-state index in [9.17, 15) is 9.90 Å². The molecule has 4 nitrogen and oxygen atoms in total.